The largest absolute Gasteiger partial charge is 0.432 e. The molecule has 0 aromatic heterocycles. The fourth-order valence-corrected chi connectivity index (χ4v) is 0.478. The summed E-state index contributed by atoms with van der Waals surface area (Å²) in [5.74, 6) is -0.377. The van der Waals surface area contributed by atoms with Gasteiger partial charge in [0.15, 0.2) is 0 Å². The number of hydrogen-bond acceptors (Lipinski definition) is 2. The van der Waals surface area contributed by atoms with E-state index in [1.54, 1.807) is 19.9 Å². The molecule has 0 aliphatic carbocycles. The van der Waals surface area contributed by atoms with Crippen molar-refractivity contribution in [3.8, 4) is 0 Å². The molecule has 60 valence electrons. The molecule has 2 heteroatoms. The lowest BCUT2D eigenvalue weighted by Crippen LogP contribution is -2.02. The normalized spacial score (nSPS) is 11.5. The average Bonchev–Trinajstić information content (AvgIpc) is 2.02. The fourth-order valence-electron chi connectivity index (χ4n) is 0.478. The molecule has 11 heavy (non-hydrogen) atoms. The van der Waals surface area contributed by atoms with Crippen molar-refractivity contribution in [2.45, 2.75) is 13.8 Å². The van der Waals surface area contributed by atoms with E-state index in [1.165, 1.54) is 0 Å². The highest BCUT2D eigenvalue weighted by atomic mass is 16.5. The van der Waals surface area contributed by atoms with Gasteiger partial charge in [-0.05, 0) is 19.4 Å². The van der Waals surface area contributed by atoms with Crippen LogP contribution in [0.5, 0.6) is 0 Å². The number of ether oxygens (including phenoxy) is 1. The first kappa shape index (κ1) is 9.69. The second-order valence-electron chi connectivity index (χ2n) is 2.08. The molecule has 0 aromatic carbocycles. The van der Waals surface area contributed by atoms with E-state index >= 15 is 0 Å². The minimum absolute atomic E-state index is 0.377. The van der Waals surface area contributed by atoms with E-state index in [1.807, 2.05) is 0 Å². The Morgan fingerprint density at radius 3 is 2.27 bits per heavy atom. The van der Waals surface area contributed by atoms with E-state index in [0.29, 0.717) is 5.57 Å². The van der Waals surface area contributed by atoms with Crippen LogP contribution in [0.4, 0.5) is 0 Å². The molecule has 0 aliphatic heterocycles. The van der Waals surface area contributed by atoms with E-state index in [-0.39, 0.29) is 5.97 Å². The lowest BCUT2D eigenvalue weighted by atomic mass is 10.1. The smallest absolute Gasteiger partial charge is 0.338 e. The maximum atomic E-state index is 10.9. The number of carbonyl (C=O) groups is 1. The third kappa shape index (κ3) is 2.85. The monoisotopic (exact) mass is 152 g/mol. The standard InChI is InChI=1S/C9H12O2/c1-5-7(3)8(4)9(10)11-6-2/h5-6H,1-2H2,3-4H3. The van der Waals surface area contributed by atoms with Gasteiger partial charge in [-0.2, -0.15) is 0 Å². The van der Waals surface area contributed by atoms with Crippen molar-refractivity contribution in [3.63, 3.8) is 0 Å². The van der Waals surface area contributed by atoms with Crippen molar-refractivity contribution in [3.05, 3.63) is 36.6 Å². The van der Waals surface area contributed by atoms with Crippen LogP contribution in [-0.2, 0) is 9.53 Å². The maximum Gasteiger partial charge on any atom is 0.338 e. The molecule has 0 unspecified atom stereocenters. The molecule has 0 radical (unpaired) electrons. The fraction of sp³-hybridized carbons (Fsp3) is 0.222. The first-order chi connectivity index (χ1) is 5.13. The van der Waals surface area contributed by atoms with Crippen LogP contribution in [-0.4, -0.2) is 5.97 Å². The van der Waals surface area contributed by atoms with E-state index in [2.05, 4.69) is 17.9 Å². The minimum atomic E-state index is -0.377. The topological polar surface area (TPSA) is 26.3 Å². The Hall–Kier alpha value is -1.31. The second-order valence-corrected chi connectivity index (χ2v) is 2.08. The number of rotatable bonds is 3. The van der Waals surface area contributed by atoms with Gasteiger partial charge in [0.25, 0.3) is 0 Å². The molecule has 0 heterocycles. The Morgan fingerprint density at radius 2 is 1.91 bits per heavy atom. The van der Waals surface area contributed by atoms with Gasteiger partial charge in [0, 0.05) is 5.57 Å². The summed E-state index contributed by atoms with van der Waals surface area (Å²) in [5, 5.41) is 0. The van der Waals surface area contributed by atoms with Crippen molar-refractivity contribution in [1.82, 2.24) is 0 Å². The van der Waals surface area contributed by atoms with Gasteiger partial charge >= 0.3 is 5.97 Å². The maximum absolute atomic E-state index is 10.9. The molecule has 0 spiro atoms. The van der Waals surface area contributed by atoms with Crippen LogP contribution in [0.3, 0.4) is 0 Å². The summed E-state index contributed by atoms with van der Waals surface area (Å²) >= 11 is 0. The van der Waals surface area contributed by atoms with Gasteiger partial charge < -0.3 is 4.74 Å². The molecule has 0 atom stereocenters. The Bertz CT molecular complexity index is 212. The Balaban J connectivity index is 4.45. The van der Waals surface area contributed by atoms with Gasteiger partial charge in [-0.3, -0.25) is 0 Å². The SMILES string of the molecule is C=COC(=O)C(C)=C(C)C=C. The predicted octanol–water partition coefficient (Wildman–Crippen LogP) is 2.20. The highest BCUT2D eigenvalue weighted by molar-refractivity contribution is 5.89. The lowest BCUT2D eigenvalue weighted by molar-refractivity contribution is -0.133. The highest BCUT2D eigenvalue weighted by Gasteiger charge is 2.04. The Morgan fingerprint density at radius 1 is 1.36 bits per heavy atom. The quantitative estimate of drug-likeness (QED) is 0.268. The molecule has 0 amide bonds. The van der Waals surface area contributed by atoms with Crippen LogP contribution in [0.2, 0.25) is 0 Å². The van der Waals surface area contributed by atoms with Crippen molar-refractivity contribution >= 4 is 5.97 Å². The third-order valence-electron chi connectivity index (χ3n) is 1.39. The van der Waals surface area contributed by atoms with Gasteiger partial charge in [-0.25, -0.2) is 4.79 Å². The molecular formula is C9H12O2. The summed E-state index contributed by atoms with van der Waals surface area (Å²) in [6.07, 6.45) is 2.72. The molecule has 0 fully saturated rings. The summed E-state index contributed by atoms with van der Waals surface area (Å²) in [4.78, 5) is 10.9. The first-order valence-electron chi connectivity index (χ1n) is 3.25. The zero-order valence-electron chi connectivity index (χ0n) is 6.89. The van der Waals surface area contributed by atoms with Crippen LogP contribution in [0, 0.1) is 0 Å². The number of hydrogen-bond donors (Lipinski definition) is 0. The van der Waals surface area contributed by atoms with Gasteiger partial charge in [-0.15, -0.1) is 0 Å². The van der Waals surface area contributed by atoms with E-state index < -0.39 is 0 Å². The first-order valence-corrected chi connectivity index (χ1v) is 3.25. The Labute approximate surface area is 66.9 Å². The van der Waals surface area contributed by atoms with Crippen molar-refractivity contribution in [2.75, 3.05) is 0 Å². The summed E-state index contributed by atoms with van der Waals surface area (Å²) < 4.78 is 4.55. The van der Waals surface area contributed by atoms with E-state index in [0.717, 1.165) is 11.8 Å². The molecule has 0 bridgehead atoms. The van der Waals surface area contributed by atoms with Crippen LogP contribution in [0.15, 0.2) is 36.6 Å². The highest BCUT2D eigenvalue weighted by Crippen LogP contribution is 2.05. The molecule has 0 saturated carbocycles. The van der Waals surface area contributed by atoms with Gasteiger partial charge in [0.2, 0.25) is 0 Å². The van der Waals surface area contributed by atoms with Gasteiger partial charge in [0.05, 0.1) is 6.26 Å². The van der Waals surface area contributed by atoms with Crippen LogP contribution >= 0.6 is 0 Å². The molecule has 0 aromatic rings. The predicted molar refractivity (Wildman–Crippen MR) is 44.9 cm³/mol. The van der Waals surface area contributed by atoms with Gasteiger partial charge in [0.1, 0.15) is 0 Å². The molecule has 0 saturated heterocycles. The molecule has 0 rings (SSSR count). The van der Waals surface area contributed by atoms with E-state index in [4.69, 9.17) is 0 Å². The molecular weight excluding hydrogens is 140 g/mol. The van der Waals surface area contributed by atoms with Crippen molar-refractivity contribution < 1.29 is 9.53 Å². The number of carbonyl (C=O) groups excluding carboxylic acids is 1. The summed E-state index contributed by atoms with van der Waals surface area (Å²) in [6, 6.07) is 0. The molecule has 2 nitrogen and oxygen atoms in total. The van der Waals surface area contributed by atoms with Crippen molar-refractivity contribution in [1.29, 1.82) is 0 Å². The summed E-state index contributed by atoms with van der Waals surface area (Å²) in [7, 11) is 0. The van der Waals surface area contributed by atoms with Crippen LogP contribution in [0.25, 0.3) is 0 Å². The molecule has 0 N–H and O–H groups in total. The summed E-state index contributed by atoms with van der Waals surface area (Å²) in [6.45, 7) is 10.3. The van der Waals surface area contributed by atoms with Crippen LogP contribution in [0.1, 0.15) is 13.8 Å². The summed E-state index contributed by atoms with van der Waals surface area (Å²) in [5.41, 5.74) is 1.37. The zero-order chi connectivity index (χ0) is 8.85. The third-order valence-corrected chi connectivity index (χ3v) is 1.39. The van der Waals surface area contributed by atoms with E-state index in [9.17, 15) is 4.79 Å². The minimum Gasteiger partial charge on any atom is -0.432 e. The molecule has 0 aliphatic rings. The second kappa shape index (κ2) is 4.50. The van der Waals surface area contributed by atoms with Gasteiger partial charge in [-0.1, -0.05) is 19.2 Å². The number of esters is 1. The lowest BCUT2D eigenvalue weighted by Gasteiger charge is -2.00. The number of allylic oxidation sites excluding steroid dienone is 2. The zero-order valence-corrected chi connectivity index (χ0v) is 6.89. The average molecular weight is 152 g/mol. The Kier molecular flexibility index (Phi) is 3.96. The van der Waals surface area contributed by atoms with Crippen molar-refractivity contribution in [2.24, 2.45) is 0 Å². The van der Waals surface area contributed by atoms with Crippen LogP contribution < -0.4 is 0 Å².